The minimum Gasteiger partial charge on any atom is -0.483 e. The summed E-state index contributed by atoms with van der Waals surface area (Å²) in [6.45, 7) is 5.03. The van der Waals surface area contributed by atoms with E-state index >= 15 is 0 Å². The molecule has 0 unspecified atom stereocenters. The molecule has 2 aromatic rings. The zero-order valence-electron chi connectivity index (χ0n) is 19.9. The van der Waals surface area contributed by atoms with Crippen molar-refractivity contribution in [2.75, 3.05) is 6.61 Å². The molecule has 0 radical (unpaired) electrons. The van der Waals surface area contributed by atoms with Crippen molar-refractivity contribution in [3.8, 4) is 11.5 Å². The van der Waals surface area contributed by atoms with Crippen LogP contribution in [0.5, 0.6) is 11.5 Å². The molecule has 194 valence electrons. The number of primary amides is 1. The molecule has 9 nitrogen and oxygen atoms in total. The highest BCUT2D eigenvalue weighted by atomic mass is 35.5. The summed E-state index contributed by atoms with van der Waals surface area (Å²) >= 11 is 18.0. The van der Waals surface area contributed by atoms with Crippen LogP contribution in [0.3, 0.4) is 0 Å². The summed E-state index contributed by atoms with van der Waals surface area (Å²) in [7, 11) is 0. The van der Waals surface area contributed by atoms with E-state index in [0.717, 1.165) is 0 Å². The zero-order chi connectivity index (χ0) is 26.8. The van der Waals surface area contributed by atoms with Crippen molar-refractivity contribution in [1.29, 1.82) is 0 Å². The first kappa shape index (κ1) is 29.2. The molecule has 0 aliphatic carbocycles. The van der Waals surface area contributed by atoms with Crippen LogP contribution in [0, 0.1) is 5.92 Å². The number of benzene rings is 2. The summed E-state index contributed by atoms with van der Waals surface area (Å²) in [6.07, 6.45) is 0.722. The maximum Gasteiger partial charge on any atom is 0.262 e. The van der Waals surface area contributed by atoms with Gasteiger partial charge < -0.3 is 20.5 Å². The van der Waals surface area contributed by atoms with Gasteiger partial charge >= 0.3 is 0 Å². The van der Waals surface area contributed by atoms with Crippen molar-refractivity contribution >= 4 is 58.7 Å². The van der Waals surface area contributed by atoms with E-state index in [-0.39, 0.29) is 23.3 Å². The number of amides is 3. The third-order valence-corrected chi connectivity index (χ3v) is 5.39. The van der Waals surface area contributed by atoms with Gasteiger partial charge in [0.15, 0.2) is 12.7 Å². The first-order valence-electron chi connectivity index (χ1n) is 10.9. The number of hydrogen-bond donors (Lipinski definition) is 3. The Kier molecular flexibility index (Phi) is 11.3. The quantitative estimate of drug-likeness (QED) is 0.268. The maximum absolute atomic E-state index is 12.8. The minimum atomic E-state index is -0.939. The molecule has 0 fully saturated rings. The number of halogens is 3. The molecule has 0 aliphatic heterocycles. The number of hydrogen-bond acceptors (Lipinski definition) is 6. The molecular weight excluding hydrogens is 531 g/mol. The highest BCUT2D eigenvalue weighted by Gasteiger charge is 2.25. The van der Waals surface area contributed by atoms with Gasteiger partial charge in [-0.2, -0.15) is 5.10 Å². The Bertz CT molecular complexity index is 1130. The Morgan fingerprint density at radius 1 is 1.00 bits per heavy atom. The Hall–Kier alpha value is -3.01. The van der Waals surface area contributed by atoms with Crippen LogP contribution in [0.1, 0.15) is 32.8 Å². The van der Waals surface area contributed by atoms with Gasteiger partial charge in [0, 0.05) is 15.6 Å². The van der Waals surface area contributed by atoms with E-state index in [0.29, 0.717) is 27.8 Å². The molecule has 2 aromatic carbocycles. The maximum atomic E-state index is 12.8. The van der Waals surface area contributed by atoms with Gasteiger partial charge in [-0.25, -0.2) is 5.43 Å². The Morgan fingerprint density at radius 2 is 1.64 bits per heavy atom. The van der Waals surface area contributed by atoms with E-state index in [9.17, 15) is 14.4 Å². The minimum absolute atomic E-state index is 0.0914. The van der Waals surface area contributed by atoms with Gasteiger partial charge in [-0.3, -0.25) is 14.4 Å². The molecule has 0 heterocycles. The molecule has 0 saturated heterocycles. The molecule has 2 rings (SSSR count). The second-order valence-corrected chi connectivity index (χ2v) is 9.48. The number of rotatable bonds is 12. The fourth-order valence-electron chi connectivity index (χ4n) is 2.95. The van der Waals surface area contributed by atoms with Crippen LogP contribution < -0.4 is 25.9 Å². The van der Waals surface area contributed by atoms with Crippen molar-refractivity contribution in [3.05, 3.63) is 57.0 Å². The lowest BCUT2D eigenvalue weighted by Crippen LogP contribution is -2.49. The molecule has 4 N–H and O–H groups in total. The number of nitrogens with zero attached hydrogens (tertiary/aromatic N) is 1. The molecule has 36 heavy (non-hydrogen) atoms. The summed E-state index contributed by atoms with van der Waals surface area (Å²) in [5, 5.41) is 7.72. The molecule has 0 saturated carbocycles. The third kappa shape index (κ3) is 9.56. The lowest BCUT2D eigenvalue weighted by Gasteiger charge is -2.22. The second kappa shape index (κ2) is 13.9. The van der Waals surface area contributed by atoms with Gasteiger partial charge in [-0.15, -0.1) is 0 Å². The van der Waals surface area contributed by atoms with E-state index in [1.807, 2.05) is 13.8 Å². The van der Waals surface area contributed by atoms with E-state index in [1.165, 1.54) is 19.2 Å². The first-order valence-corrected chi connectivity index (χ1v) is 12.0. The highest BCUT2D eigenvalue weighted by Crippen LogP contribution is 2.28. The van der Waals surface area contributed by atoms with E-state index < -0.39 is 29.9 Å². The predicted octanol–water partition coefficient (Wildman–Crippen LogP) is 3.96. The van der Waals surface area contributed by atoms with E-state index in [1.54, 1.807) is 30.3 Å². The highest BCUT2D eigenvalue weighted by molar-refractivity contribution is 6.35. The molecular formula is C24H27Cl3N4O5. The third-order valence-electron chi connectivity index (χ3n) is 4.63. The van der Waals surface area contributed by atoms with Crippen LogP contribution in [-0.2, 0) is 14.4 Å². The lowest BCUT2D eigenvalue weighted by molar-refractivity contribution is -0.132. The fraction of sp³-hybridized carbons (Fsp3) is 0.333. The number of carbonyl (C=O) groups excluding carboxylic acids is 3. The Morgan fingerprint density at radius 3 is 2.25 bits per heavy atom. The standard InChI is InChI=1S/C24H27Cl3N4O5/c1-13(2)8-19(30-23(33)14(3)36-21-7-5-17(26)10-18(21)27)24(34)31-29-11-15-9-16(25)4-6-20(15)35-12-22(28)32/h4-7,9-11,13-14,19H,8,12H2,1-3H3,(H2,28,32)(H,30,33)(H,31,34)/b29-11-/t14-,19-/m0/s1. The van der Waals surface area contributed by atoms with Crippen LogP contribution in [0.4, 0.5) is 0 Å². The molecule has 12 heteroatoms. The summed E-state index contributed by atoms with van der Waals surface area (Å²) < 4.78 is 11.0. The Balaban J connectivity index is 2.06. The average molecular weight is 558 g/mol. The second-order valence-electron chi connectivity index (χ2n) is 8.20. The van der Waals surface area contributed by atoms with Crippen LogP contribution in [0.15, 0.2) is 41.5 Å². The summed E-state index contributed by atoms with van der Waals surface area (Å²) in [4.78, 5) is 36.6. The molecule has 3 amide bonds. The van der Waals surface area contributed by atoms with E-state index in [4.69, 9.17) is 50.0 Å². The van der Waals surface area contributed by atoms with Gasteiger partial charge in [0.1, 0.15) is 17.5 Å². The van der Waals surface area contributed by atoms with Gasteiger partial charge in [0.05, 0.1) is 11.2 Å². The van der Waals surface area contributed by atoms with Crippen molar-refractivity contribution < 1.29 is 23.9 Å². The average Bonchev–Trinajstić information content (AvgIpc) is 2.79. The summed E-state index contributed by atoms with van der Waals surface area (Å²) in [5.41, 5.74) is 7.93. The van der Waals surface area contributed by atoms with Crippen LogP contribution in [0.25, 0.3) is 0 Å². The van der Waals surface area contributed by atoms with E-state index in [2.05, 4.69) is 15.8 Å². The lowest BCUT2D eigenvalue weighted by atomic mass is 10.0. The SMILES string of the molecule is CC(C)C[C@H](NC(=O)[C@H](C)Oc1ccc(Cl)cc1Cl)C(=O)N/N=C\c1cc(Cl)ccc1OCC(N)=O. The number of carbonyl (C=O) groups is 3. The topological polar surface area (TPSA) is 132 Å². The molecule has 0 aliphatic rings. The van der Waals surface area contributed by atoms with Crippen LogP contribution >= 0.6 is 34.8 Å². The van der Waals surface area contributed by atoms with Crippen molar-refractivity contribution in [2.24, 2.45) is 16.8 Å². The molecule has 2 atom stereocenters. The first-order chi connectivity index (χ1) is 17.0. The zero-order valence-corrected chi connectivity index (χ0v) is 22.2. The Labute approximate surface area is 224 Å². The van der Waals surface area contributed by atoms with Gasteiger partial charge in [0.25, 0.3) is 17.7 Å². The smallest absolute Gasteiger partial charge is 0.262 e. The van der Waals surface area contributed by atoms with Gasteiger partial charge in [0.2, 0.25) is 0 Å². The number of nitrogens with two attached hydrogens (primary N) is 1. The number of hydrazone groups is 1. The van der Waals surface area contributed by atoms with Crippen molar-refractivity contribution in [2.45, 2.75) is 39.3 Å². The summed E-state index contributed by atoms with van der Waals surface area (Å²) in [5.74, 6) is -1.02. The molecule has 0 spiro atoms. The van der Waals surface area contributed by atoms with Gasteiger partial charge in [-0.1, -0.05) is 48.7 Å². The monoisotopic (exact) mass is 556 g/mol. The molecule has 0 bridgehead atoms. The van der Waals surface area contributed by atoms with Crippen molar-refractivity contribution in [3.63, 3.8) is 0 Å². The fourth-order valence-corrected chi connectivity index (χ4v) is 3.58. The normalized spacial score (nSPS) is 12.8. The summed E-state index contributed by atoms with van der Waals surface area (Å²) in [6, 6.07) is 8.42. The van der Waals surface area contributed by atoms with Gasteiger partial charge in [-0.05, 0) is 55.7 Å². The predicted molar refractivity (Wildman–Crippen MR) is 140 cm³/mol. The molecule has 0 aromatic heterocycles. The number of ether oxygens (including phenoxy) is 2. The van der Waals surface area contributed by atoms with Crippen molar-refractivity contribution in [1.82, 2.24) is 10.7 Å². The van der Waals surface area contributed by atoms with Crippen LogP contribution in [0.2, 0.25) is 15.1 Å². The van der Waals surface area contributed by atoms with Crippen LogP contribution in [-0.4, -0.2) is 42.7 Å². The largest absolute Gasteiger partial charge is 0.483 e. The number of nitrogens with one attached hydrogen (secondary N) is 2.